The van der Waals surface area contributed by atoms with Crippen LogP contribution >= 0.6 is 11.6 Å². The Balaban J connectivity index is 1.64. The molecule has 0 radical (unpaired) electrons. The third kappa shape index (κ3) is 1.18. The van der Waals surface area contributed by atoms with Gasteiger partial charge in [-0.2, -0.15) is 0 Å². The van der Waals surface area contributed by atoms with Crippen LogP contribution in [0.4, 0.5) is 0 Å². The van der Waals surface area contributed by atoms with E-state index in [0.717, 1.165) is 25.7 Å². The molecule has 0 aromatic carbocycles. The highest BCUT2D eigenvalue weighted by molar-refractivity contribution is 6.26. The second-order valence-corrected chi connectivity index (χ2v) is 6.45. The van der Waals surface area contributed by atoms with Gasteiger partial charge in [0.2, 0.25) is 0 Å². The van der Waals surface area contributed by atoms with E-state index >= 15 is 0 Å². The van der Waals surface area contributed by atoms with Crippen molar-refractivity contribution in [2.45, 2.75) is 37.9 Å². The first-order valence-electron chi connectivity index (χ1n) is 6.60. The van der Waals surface area contributed by atoms with Crippen LogP contribution in [0.3, 0.4) is 0 Å². The van der Waals surface area contributed by atoms with Gasteiger partial charge >= 0.3 is 11.9 Å². The molecule has 3 aliphatic carbocycles. The Morgan fingerprint density at radius 1 is 1.44 bits per heavy atom. The number of carbonyl (C=O) groups excluding carboxylic acids is 2. The van der Waals surface area contributed by atoms with Crippen LogP contribution in [0.1, 0.15) is 25.7 Å². The Labute approximate surface area is 110 Å². The van der Waals surface area contributed by atoms with Crippen LogP contribution in [0.5, 0.6) is 0 Å². The predicted molar refractivity (Wildman–Crippen MR) is 61.9 cm³/mol. The van der Waals surface area contributed by atoms with Crippen molar-refractivity contribution in [2.75, 3.05) is 5.88 Å². The molecular formula is C13H15ClO4. The Morgan fingerprint density at radius 2 is 2.28 bits per heavy atom. The third-order valence-electron chi connectivity index (χ3n) is 5.60. The Hall–Kier alpha value is -0.770. The molecule has 1 heterocycles. The van der Waals surface area contributed by atoms with Crippen LogP contribution in [0, 0.1) is 23.2 Å². The molecule has 4 fully saturated rings. The first-order chi connectivity index (χ1) is 8.64. The second kappa shape index (κ2) is 3.41. The van der Waals surface area contributed by atoms with Crippen molar-refractivity contribution in [3.63, 3.8) is 0 Å². The normalized spacial score (nSPS) is 51.4. The minimum Gasteiger partial charge on any atom is -0.458 e. The molecule has 6 unspecified atom stereocenters. The highest BCUT2D eigenvalue weighted by atomic mass is 35.5. The SMILES string of the molecule is O=C(CCl)OC1C2CC3CC4C(=O)OC1CC34C2. The Kier molecular flexibility index (Phi) is 2.10. The van der Waals surface area contributed by atoms with Gasteiger partial charge in [-0.25, -0.2) is 0 Å². The van der Waals surface area contributed by atoms with Gasteiger partial charge in [-0.1, -0.05) is 0 Å². The first kappa shape index (κ1) is 11.1. The summed E-state index contributed by atoms with van der Waals surface area (Å²) in [7, 11) is 0. The van der Waals surface area contributed by atoms with Crippen LogP contribution in [0.15, 0.2) is 0 Å². The van der Waals surface area contributed by atoms with Gasteiger partial charge in [0.15, 0.2) is 0 Å². The van der Waals surface area contributed by atoms with Gasteiger partial charge in [-0.15, -0.1) is 11.6 Å². The summed E-state index contributed by atoms with van der Waals surface area (Å²) < 4.78 is 10.9. The molecule has 98 valence electrons. The molecule has 0 N–H and O–H groups in total. The van der Waals surface area contributed by atoms with Crippen molar-refractivity contribution < 1.29 is 19.1 Å². The minimum atomic E-state index is -0.407. The number of rotatable bonds is 2. The van der Waals surface area contributed by atoms with Crippen LogP contribution < -0.4 is 0 Å². The summed E-state index contributed by atoms with van der Waals surface area (Å²) in [4.78, 5) is 23.3. The monoisotopic (exact) mass is 270 g/mol. The lowest BCUT2D eigenvalue weighted by molar-refractivity contribution is -0.220. The van der Waals surface area contributed by atoms with Crippen molar-refractivity contribution in [3.8, 4) is 0 Å². The van der Waals surface area contributed by atoms with Gasteiger partial charge in [-0.3, -0.25) is 9.59 Å². The van der Waals surface area contributed by atoms with Crippen LogP contribution in [0.25, 0.3) is 0 Å². The fourth-order valence-electron chi connectivity index (χ4n) is 4.92. The molecule has 5 heteroatoms. The summed E-state index contributed by atoms with van der Waals surface area (Å²) in [6.07, 6.45) is 3.45. The minimum absolute atomic E-state index is 0.0743. The fraction of sp³-hybridized carbons (Fsp3) is 0.846. The maximum Gasteiger partial charge on any atom is 0.321 e. The average molecular weight is 271 g/mol. The zero-order valence-corrected chi connectivity index (χ0v) is 10.7. The predicted octanol–water partition coefficient (Wildman–Crippen LogP) is 1.50. The molecule has 0 aromatic rings. The molecule has 3 saturated carbocycles. The molecule has 0 amide bonds. The van der Waals surface area contributed by atoms with Gasteiger partial charge in [0.25, 0.3) is 0 Å². The van der Waals surface area contributed by atoms with E-state index in [2.05, 4.69) is 0 Å². The van der Waals surface area contributed by atoms with Gasteiger partial charge in [0.1, 0.15) is 18.1 Å². The van der Waals surface area contributed by atoms with Crippen molar-refractivity contribution in [1.82, 2.24) is 0 Å². The summed E-state index contributed by atoms with van der Waals surface area (Å²) in [5.74, 6) is 0.501. The smallest absolute Gasteiger partial charge is 0.321 e. The van der Waals surface area contributed by atoms with Gasteiger partial charge in [-0.05, 0) is 37.0 Å². The quantitative estimate of drug-likeness (QED) is 0.564. The number of halogens is 1. The molecule has 6 atom stereocenters. The molecule has 1 saturated heterocycles. The van der Waals surface area contributed by atoms with Crippen molar-refractivity contribution in [1.29, 1.82) is 0 Å². The van der Waals surface area contributed by atoms with E-state index in [4.69, 9.17) is 21.1 Å². The maximum absolute atomic E-state index is 11.9. The molecule has 4 rings (SSSR count). The van der Waals surface area contributed by atoms with Crippen molar-refractivity contribution in [2.24, 2.45) is 23.2 Å². The average Bonchev–Trinajstić information content (AvgIpc) is 2.57. The summed E-state index contributed by atoms with van der Waals surface area (Å²) in [6.45, 7) is 0. The molecule has 4 aliphatic rings. The topological polar surface area (TPSA) is 52.6 Å². The Morgan fingerprint density at radius 3 is 3.06 bits per heavy atom. The second-order valence-electron chi connectivity index (χ2n) is 6.19. The van der Waals surface area contributed by atoms with Crippen LogP contribution in [-0.2, 0) is 19.1 Å². The summed E-state index contributed by atoms with van der Waals surface area (Å²) in [5, 5.41) is 0. The third-order valence-corrected chi connectivity index (χ3v) is 5.82. The number of fused-ring (bicyclic) bond motifs is 2. The molecule has 3 bridgehead atoms. The lowest BCUT2D eigenvalue weighted by atomic mass is 9.50. The lowest BCUT2D eigenvalue weighted by Gasteiger charge is -2.57. The number of esters is 2. The molecule has 1 spiro atoms. The zero-order valence-electron chi connectivity index (χ0n) is 9.93. The lowest BCUT2D eigenvalue weighted by Crippen LogP contribution is -2.60. The van der Waals surface area contributed by atoms with E-state index in [1.165, 1.54) is 0 Å². The number of hydrogen-bond acceptors (Lipinski definition) is 4. The highest BCUT2D eigenvalue weighted by Crippen LogP contribution is 2.71. The zero-order chi connectivity index (χ0) is 12.5. The number of hydrogen-bond donors (Lipinski definition) is 0. The van der Waals surface area contributed by atoms with Gasteiger partial charge in [0.05, 0.1) is 5.92 Å². The van der Waals surface area contributed by atoms with Gasteiger partial charge < -0.3 is 9.47 Å². The van der Waals surface area contributed by atoms with E-state index in [0.29, 0.717) is 11.8 Å². The van der Waals surface area contributed by atoms with E-state index in [-0.39, 0.29) is 35.4 Å². The fourth-order valence-corrected chi connectivity index (χ4v) is 4.98. The molecule has 18 heavy (non-hydrogen) atoms. The number of ether oxygens (including phenoxy) is 2. The van der Waals surface area contributed by atoms with Crippen molar-refractivity contribution in [3.05, 3.63) is 0 Å². The van der Waals surface area contributed by atoms with Gasteiger partial charge in [0, 0.05) is 5.92 Å². The molecule has 1 aliphatic heterocycles. The van der Waals surface area contributed by atoms with Crippen LogP contribution in [0.2, 0.25) is 0 Å². The molecular weight excluding hydrogens is 256 g/mol. The first-order valence-corrected chi connectivity index (χ1v) is 7.13. The standard InChI is InChI=1S/C13H15ClO4/c14-5-10(15)18-11-6-1-7-2-8-12(16)17-9(11)4-13(7,8)3-6/h6-9,11H,1-5H2. The van der Waals surface area contributed by atoms with E-state index in [1.54, 1.807) is 0 Å². The summed E-state index contributed by atoms with van der Waals surface area (Å²) in [6, 6.07) is 0. The maximum atomic E-state index is 11.9. The molecule has 0 aromatic heterocycles. The highest BCUT2D eigenvalue weighted by Gasteiger charge is 2.71. The number of alkyl halides is 1. The summed E-state index contributed by atoms with van der Waals surface area (Å²) >= 11 is 5.49. The van der Waals surface area contributed by atoms with E-state index in [1.807, 2.05) is 0 Å². The molecule has 4 nitrogen and oxygen atoms in total. The van der Waals surface area contributed by atoms with Crippen LogP contribution in [-0.4, -0.2) is 30.0 Å². The largest absolute Gasteiger partial charge is 0.458 e. The van der Waals surface area contributed by atoms with E-state index in [9.17, 15) is 9.59 Å². The number of carbonyl (C=O) groups is 2. The van der Waals surface area contributed by atoms with E-state index < -0.39 is 5.97 Å². The Bertz CT molecular complexity index is 437. The van der Waals surface area contributed by atoms with Crippen molar-refractivity contribution >= 4 is 23.5 Å². The summed E-state index contributed by atoms with van der Waals surface area (Å²) in [5.41, 5.74) is 0.189.